The van der Waals surface area contributed by atoms with Crippen molar-refractivity contribution in [3.8, 4) is 0 Å². The van der Waals surface area contributed by atoms with Gasteiger partial charge in [-0.1, -0.05) is 13.0 Å². The van der Waals surface area contributed by atoms with Crippen molar-refractivity contribution in [2.24, 2.45) is 5.92 Å². The molecule has 1 aromatic rings. The van der Waals surface area contributed by atoms with Crippen LogP contribution in [0.1, 0.15) is 31.7 Å². The number of carbonyl (C=O) groups excluding carboxylic acids is 1. The molecule has 108 valence electrons. The van der Waals surface area contributed by atoms with E-state index < -0.39 is 0 Å². The van der Waals surface area contributed by atoms with Crippen LogP contribution in [0, 0.1) is 5.92 Å². The molecule has 1 atom stereocenters. The van der Waals surface area contributed by atoms with Crippen molar-refractivity contribution in [3.05, 3.63) is 23.8 Å². The monoisotopic (exact) mass is 273 g/mol. The fourth-order valence-corrected chi connectivity index (χ4v) is 3.20. The molecule has 0 bridgehead atoms. The molecule has 1 aromatic carbocycles. The predicted molar refractivity (Wildman–Crippen MR) is 82.2 cm³/mol. The normalized spacial score (nSPS) is 21.9. The SMILES string of the molecule is CC1CCCN(C(=O)Nc2cccc3c2CCCN3)C1. The molecule has 4 nitrogen and oxygen atoms in total. The highest BCUT2D eigenvalue weighted by atomic mass is 16.2. The fraction of sp³-hybridized carbons (Fsp3) is 0.562. The number of carbonyl (C=O) groups is 1. The Balaban J connectivity index is 1.72. The van der Waals surface area contributed by atoms with Gasteiger partial charge in [0.1, 0.15) is 0 Å². The maximum atomic E-state index is 12.4. The summed E-state index contributed by atoms with van der Waals surface area (Å²) in [7, 11) is 0. The van der Waals surface area contributed by atoms with Gasteiger partial charge in [0.15, 0.2) is 0 Å². The number of anilines is 2. The second-order valence-corrected chi connectivity index (χ2v) is 5.99. The van der Waals surface area contributed by atoms with E-state index in [-0.39, 0.29) is 6.03 Å². The van der Waals surface area contributed by atoms with Crippen LogP contribution in [0.5, 0.6) is 0 Å². The summed E-state index contributed by atoms with van der Waals surface area (Å²) in [5, 5.41) is 6.51. The predicted octanol–water partition coefficient (Wildman–Crippen LogP) is 3.31. The highest BCUT2D eigenvalue weighted by Crippen LogP contribution is 2.29. The number of piperidine rings is 1. The second kappa shape index (κ2) is 5.73. The molecule has 2 amide bonds. The largest absolute Gasteiger partial charge is 0.385 e. The summed E-state index contributed by atoms with van der Waals surface area (Å²) >= 11 is 0. The van der Waals surface area contributed by atoms with Gasteiger partial charge in [-0.25, -0.2) is 4.79 Å². The van der Waals surface area contributed by atoms with Crippen LogP contribution in [0.2, 0.25) is 0 Å². The van der Waals surface area contributed by atoms with Crippen LogP contribution in [-0.4, -0.2) is 30.6 Å². The molecule has 2 aliphatic rings. The van der Waals surface area contributed by atoms with Crippen LogP contribution < -0.4 is 10.6 Å². The molecule has 0 spiro atoms. The lowest BCUT2D eigenvalue weighted by atomic mass is 10.0. The van der Waals surface area contributed by atoms with Gasteiger partial charge in [0.05, 0.1) is 0 Å². The quantitative estimate of drug-likeness (QED) is 0.824. The number of likely N-dealkylation sites (tertiary alicyclic amines) is 1. The average Bonchev–Trinajstić information content (AvgIpc) is 2.47. The topological polar surface area (TPSA) is 44.4 Å². The molecule has 0 radical (unpaired) electrons. The van der Waals surface area contributed by atoms with Gasteiger partial charge >= 0.3 is 6.03 Å². The lowest BCUT2D eigenvalue weighted by molar-refractivity contribution is 0.182. The maximum absolute atomic E-state index is 12.4. The third-order valence-electron chi connectivity index (χ3n) is 4.28. The van der Waals surface area contributed by atoms with Gasteiger partial charge in [-0.2, -0.15) is 0 Å². The molecule has 0 aliphatic carbocycles. The Labute approximate surface area is 120 Å². The number of benzene rings is 1. The zero-order valence-electron chi connectivity index (χ0n) is 12.1. The van der Waals surface area contributed by atoms with E-state index in [1.165, 1.54) is 17.7 Å². The summed E-state index contributed by atoms with van der Waals surface area (Å²) in [5.41, 5.74) is 3.39. The molecule has 1 fully saturated rings. The van der Waals surface area contributed by atoms with E-state index in [1.807, 2.05) is 17.0 Å². The summed E-state index contributed by atoms with van der Waals surface area (Å²) in [6.45, 7) is 4.99. The van der Waals surface area contributed by atoms with Crippen molar-refractivity contribution >= 4 is 17.4 Å². The molecule has 0 saturated carbocycles. The Morgan fingerprint density at radius 3 is 3.15 bits per heavy atom. The van der Waals surface area contributed by atoms with Gasteiger partial charge in [-0.3, -0.25) is 0 Å². The van der Waals surface area contributed by atoms with Crippen molar-refractivity contribution in [2.75, 3.05) is 30.3 Å². The van der Waals surface area contributed by atoms with Crippen molar-refractivity contribution in [1.82, 2.24) is 4.90 Å². The molecule has 2 N–H and O–H groups in total. The highest BCUT2D eigenvalue weighted by Gasteiger charge is 2.22. The first-order chi connectivity index (χ1) is 9.74. The number of rotatable bonds is 1. The molecular weight excluding hydrogens is 250 g/mol. The third-order valence-corrected chi connectivity index (χ3v) is 4.28. The van der Waals surface area contributed by atoms with E-state index in [0.717, 1.165) is 44.6 Å². The summed E-state index contributed by atoms with van der Waals surface area (Å²) in [6.07, 6.45) is 4.51. The minimum absolute atomic E-state index is 0.0514. The smallest absolute Gasteiger partial charge is 0.321 e. The number of fused-ring (bicyclic) bond motifs is 1. The van der Waals surface area contributed by atoms with Crippen LogP contribution in [0.15, 0.2) is 18.2 Å². The minimum atomic E-state index is 0.0514. The Morgan fingerprint density at radius 2 is 2.30 bits per heavy atom. The Kier molecular flexibility index (Phi) is 3.81. The van der Waals surface area contributed by atoms with Gasteiger partial charge in [0, 0.05) is 31.0 Å². The zero-order valence-corrected chi connectivity index (χ0v) is 12.1. The van der Waals surface area contributed by atoms with Crippen LogP contribution in [0.4, 0.5) is 16.2 Å². The molecule has 2 heterocycles. The first-order valence-electron chi connectivity index (χ1n) is 7.66. The van der Waals surface area contributed by atoms with Crippen molar-refractivity contribution < 1.29 is 4.79 Å². The third kappa shape index (κ3) is 2.74. The lowest BCUT2D eigenvalue weighted by Gasteiger charge is -2.31. The number of amides is 2. The first-order valence-corrected chi connectivity index (χ1v) is 7.66. The van der Waals surface area contributed by atoms with Crippen LogP contribution in [0.3, 0.4) is 0 Å². The molecule has 3 rings (SSSR count). The van der Waals surface area contributed by atoms with Gasteiger partial charge in [-0.15, -0.1) is 0 Å². The minimum Gasteiger partial charge on any atom is -0.385 e. The Morgan fingerprint density at radius 1 is 1.40 bits per heavy atom. The average molecular weight is 273 g/mol. The number of nitrogens with zero attached hydrogens (tertiary/aromatic N) is 1. The van der Waals surface area contributed by atoms with Crippen molar-refractivity contribution in [3.63, 3.8) is 0 Å². The molecule has 4 heteroatoms. The molecule has 2 aliphatic heterocycles. The summed E-state index contributed by atoms with van der Waals surface area (Å²) in [4.78, 5) is 14.3. The number of nitrogens with one attached hydrogen (secondary N) is 2. The summed E-state index contributed by atoms with van der Waals surface area (Å²) < 4.78 is 0. The standard InChI is InChI=1S/C16H23N3O/c1-12-5-4-10-19(11-12)16(20)18-15-8-2-7-14-13(15)6-3-9-17-14/h2,7-8,12,17H,3-6,9-11H2,1H3,(H,18,20). The summed E-state index contributed by atoms with van der Waals surface area (Å²) in [6, 6.07) is 6.16. The van der Waals surface area contributed by atoms with Crippen LogP contribution in [-0.2, 0) is 6.42 Å². The van der Waals surface area contributed by atoms with Gasteiger partial charge in [0.25, 0.3) is 0 Å². The van der Waals surface area contributed by atoms with E-state index >= 15 is 0 Å². The van der Waals surface area contributed by atoms with Crippen LogP contribution in [0.25, 0.3) is 0 Å². The van der Waals surface area contributed by atoms with E-state index in [1.54, 1.807) is 0 Å². The molecule has 20 heavy (non-hydrogen) atoms. The number of hydrogen-bond donors (Lipinski definition) is 2. The molecule has 1 unspecified atom stereocenters. The number of hydrogen-bond acceptors (Lipinski definition) is 2. The maximum Gasteiger partial charge on any atom is 0.321 e. The van der Waals surface area contributed by atoms with Gasteiger partial charge in [-0.05, 0) is 49.3 Å². The second-order valence-electron chi connectivity index (χ2n) is 5.99. The van der Waals surface area contributed by atoms with E-state index in [0.29, 0.717) is 5.92 Å². The highest BCUT2D eigenvalue weighted by molar-refractivity contribution is 5.91. The first kappa shape index (κ1) is 13.3. The molecule has 1 saturated heterocycles. The molecule has 0 aromatic heterocycles. The zero-order chi connectivity index (χ0) is 13.9. The summed E-state index contributed by atoms with van der Waals surface area (Å²) in [5.74, 6) is 0.612. The van der Waals surface area contributed by atoms with E-state index in [4.69, 9.17) is 0 Å². The van der Waals surface area contributed by atoms with Gasteiger partial charge < -0.3 is 15.5 Å². The van der Waals surface area contributed by atoms with Crippen molar-refractivity contribution in [2.45, 2.75) is 32.6 Å². The van der Waals surface area contributed by atoms with E-state index in [9.17, 15) is 4.79 Å². The Hall–Kier alpha value is -1.71. The fourth-order valence-electron chi connectivity index (χ4n) is 3.20. The lowest BCUT2D eigenvalue weighted by Crippen LogP contribution is -2.41. The van der Waals surface area contributed by atoms with Crippen molar-refractivity contribution in [1.29, 1.82) is 0 Å². The Bertz CT molecular complexity index is 500. The number of urea groups is 1. The van der Waals surface area contributed by atoms with E-state index in [2.05, 4.69) is 23.6 Å². The molecular formula is C16H23N3O. The van der Waals surface area contributed by atoms with Gasteiger partial charge in [0.2, 0.25) is 0 Å². The van der Waals surface area contributed by atoms with Crippen LogP contribution >= 0.6 is 0 Å².